The Hall–Kier alpha value is -0.610. The minimum absolute atomic E-state index is 0.0631. The minimum Gasteiger partial charge on any atom is -0.330 e. The molecule has 1 aromatic heterocycles. The van der Waals surface area contributed by atoms with Crippen molar-refractivity contribution >= 4 is 11.3 Å². The van der Waals surface area contributed by atoms with Crippen LogP contribution in [0.3, 0.4) is 0 Å². The molecule has 2 rings (SSSR count). The second-order valence-electron chi connectivity index (χ2n) is 2.82. The summed E-state index contributed by atoms with van der Waals surface area (Å²) in [7, 11) is 0. The molecule has 1 aliphatic carbocycles. The van der Waals surface area contributed by atoms with Crippen LogP contribution in [0, 0.1) is 0 Å². The molecule has 1 aliphatic rings. The zero-order valence-corrected chi connectivity index (χ0v) is 6.91. The van der Waals surface area contributed by atoms with Crippen LogP contribution in [0.5, 0.6) is 0 Å². The summed E-state index contributed by atoms with van der Waals surface area (Å²) in [5.41, 5.74) is 6.64. The molecule has 1 atom stereocenters. The molecule has 4 heteroatoms. The molecule has 3 nitrogen and oxygen atoms in total. The van der Waals surface area contributed by atoms with Gasteiger partial charge in [0.2, 0.25) is 0 Å². The van der Waals surface area contributed by atoms with Gasteiger partial charge >= 0.3 is 4.87 Å². The number of aromatic amines is 1. The third-order valence-electron chi connectivity index (χ3n) is 2.17. The monoisotopic (exact) mass is 170 g/mol. The Morgan fingerprint density at radius 2 is 2.55 bits per heavy atom. The molecule has 0 aromatic carbocycles. The van der Waals surface area contributed by atoms with Crippen molar-refractivity contribution in [3.63, 3.8) is 0 Å². The third kappa shape index (κ3) is 1.02. The highest BCUT2D eigenvalue weighted by molar-refractivity contribution is 7.09. The lowest BCUT2D eigenvalue weighted by Crippen LogP contribution is -2.11. The van der Waals surface area contributed by atoms with Crippen molar-refractivity contribution in [1.29, 1.82) is 0 Å². The third-order valence-corrected chi connectivity index (χ3v) is 3.12. The number of hydrogen-bond acceptors (Lipinski definition) is 3. The van der Waals surface area contributed by atoms with Crippen LogP contribution in [0.15, 0.2) is 4.79 Å². The van der Waals surface area contributed by atoms with Gasteiger partial charge in [-0.25, -0.2) is 0 Å². The minimum atomic E-state index is 0.0631. The van der Waals surface area contributed by atoms with Crippen LogP contribution in [0.4, 0.5) is 0 Å². The first-order chi connectivity index (χ1) is 5.31. The van der Waals surface area contributed by atoms with Crippen LogP contribution < -0.4 is 10.6 Å². The molecule has 0 saturated carbocycles. The fraction of sp³-hybridized carbons (Fsp3) is 0.571. The molecule has 0 amide bonds. The van der Waals surface area contributed by atoms with Gasteiger partial charge in [0.1, 0.15) is 0 Å². The Morgan fingerprint density at radius 1 is 1.73 bits per heavy atom. The smallest absolute Gasteiger partial charge is 0.304 e. The number of nitrogens with two attached hydrogens (primary N) is 1. The van der Waals surface area contributed by atoms with Gasteiger partial charge in [0, 0.05) is 23.0 Å². The maximum Gasteiger partial charge on any atom is 0.304 e. The van der Waals surface area contributed by atoms with Crippen molar-refractivity contribution < 1.29 is 0 Å². The molecule has 0 bridgehead atoms. The van der Waals surface area contributed by atoms with E-state index < -0.39 is 0 Å². The fourth-order valence-electron chi connectivity index (χ4n) is 1.57. The summed E-state index contributed by atoms with van der Waals surface area (Å²) in [5.74, 6) is 0.406. The number of hydrogen-bond donors (Lipinski definition) is 2. The first-order valence-corrected chi connectivity index (χ1v) is 4.55. The van der Waals surface area contributed by atoms with E-state index in [2.05, 4.69) is 4.98 Å². The molecule has 3 N–H and O–H groups in total. The van der Waals surface area contributed by atoms with Gasteiger partial charge in [-0.2, -0.15) is 0 Å². The molecule has 0 fully saturated rings. The van der Waals surface area contributed by atoms with E-state index in [9.17, 15) is 4.79 Å². The molecule has 1 aromatic rings. The number of thiazole rings is 1. The summed E-state index contributed by atoms with van der Waals surface area (Å²) < 4.78 is 0. The van der Waals surface area contributed by atoms with Gasteiger partial charge in [-0.1, -0.05) is 11.3 Å². The highest BCUT2D eigenvalue weighted by Gasteiger charge is 2.23. The van der Waals surface area contributed by atoms with Gasteiger partial charge in [-0.3, -0.25) is 4.79 Å². The average molecular weight is 170 g/mol. The van der Waals surface area contributed by atoms with E-state index >= 15 is 0 Å². The lowest BCUT2D eigenvalue weighted by molar-refractivity contribution is 0.673. The molecule has 60 valence electrons. The van der Waals surface area contributed by atoms with E-state index in [1.807, 2.05) is 0 Å². The standard InChI is InChI=1S/C7H10N2OS/c8-3-4-1-2-5-6(4)9-7(10)11-5/h4H,1-3,8H2,(H,9,10). The van der Waals surface area contributed by atoms with Crippen molar-refractivity contribution in [2.24, 2.45) is 5.73 Å². The number of H-pyrrole nitrogens is 1. The van der Waals surface area contributed by atoms with Crippen LogP contribution in [-0.4, -0.2) is 11.5 Å². The number of aromatic nitrogens is 1. The first-order valence-electron chi connectivity index (χ1n) is 3.73. The van der Waals surface area contributed by atoms with Crippen LogP contribution in [0.2, 0.25) is 0 Å². The van der Waals surface area contributed by atoms with Crippen LogP contribution >= 0.6 is 11.3 Å². The molecule has 0 aliphatic heterocycles. The lowest BCUT2D eigenvalue weighted by atomic mass is 10.1. The SMILES string of the molecule is NCC1CCc2sc(=O)[nH]c21. The molecule has 11 heavy (non-hydrogen) atoms. The second kappa shape index (κ2) is 2.46. The average Bonchev–Trinajstić information content (AvgIpc) is 2.45. The first kappa shape index (κ1) is 7.06. The second-order valence-corrected chi connectivity index (χ2v) is 3.89. The normalized spacial score (nSPS) is 22.1. The van der Waals surface area contributed by atoms with Gasteiger partial charge in [0.05, 0.1) is 0 Å². The molecule has 0 saturated heterocycles. The van der Waals surface area contributed by atoms with E-state index in [1.165, 1.54) is 16.2 Å². The fourth-order valence-corrected chi connectivity index (χ4v) is 2.51. The van der Waals surface area contributed by atoms with Crippen molar-refractivity contribution in [3.05, 3.63) is 20.2 Å². The predicted octanol–water partition coefficient (Wildman–Crippen LogP) is 0.425. The van der Waals surface area contributed by atoms with E-state index in [0.717, 1.165) is 18.5 Å². The molecule has 0 spiro atoms. The maximum atomic E-state index is 10.9. The van der Waals surface area contributed by atoms with Crippen molar-refractivity contribution in [1.82, 2.24) is 4.98 Å². The van der Waals surface area contributed by atoms with Crippen LogP contribution in [0.25, 0.3) is 0 Å². The largest absolute Gasteiger partial charge is 0.330 e. The Kier molecular flexibility index (Phi) is 1.58. The quantitative estimate of drug-likeness (QED) is 0.642. The predicted molar refractivity (Wildman–Crippen MR) is 45.1 cm³/mol. The number of nitrogens with one attached hydrogen (secondary N) is 1. The van der Waals surface area contributed by atoms with Crippen molar-refractivity contribution in [3.8, 4) is 0 Å². The highest BCUT2D eigenvalue weighted by atomic mass is 32.1. The molecular weight excluding hydrogens is 160 g/mol. The molecule has 1 heterocycles. The Bertz CT molecular complexity index is 314. The summed E-state index contributed by atoms with van der Waals surface area (Å²) in [6.07, 6.45) is 2.13. The van der Waals surface area contributed by atoms with Crippen molar-refractivity contribution in [2.45, 2.75) is 18.8 Å². The summed E-state index contributed by atoms with van der Waals surface area (Å²) in [5, 5.41) is 0. The van der Waals surface area contributed by atoms with Gasteiger partial charge in [-0.15, -0.1) is 0 Å². The number of rotatable bonds is 1. The highest BCUT2D eigenvalue weighted by Crippen LogP contribution is 2.31. The van der Waals surface area contributed by atoms with E-state index in [0.29, 0.717) is 12.5 Å². The zero-order valence-electron chi connectivity index (χ0n) is 6.09. The maximum absolute atomic E-state index is 10.9. The van der Waals surface area contributed by atoms with Crippen LogP contribution in [-0.2, 0) is 6.42 Å². The lowest BCUT2D eigenvalue weighted by Gasteiger charge is -2.02. The molecule has 1 unspecified atom stereocenters. The zero-order chi connectivity index (χ0) is 7.84. The topological polar surface area (TPSA) is 58.9 Å². The Morgan fingerprint density at radius 3 is 3.27 bits per heavy atom. The van der Waals surface area contributed by atoms with E-state index in [1.54, 1.807) is 0 Å². The van der Waals surface area contributed by atoms with E-state index in [4.69, 9.17) is 5.73 Å². The van der Waals surface area contributed by atoms with E-state index in [-0.39, 0.29) is 4.87 Å². The van der Waals surface area contributed by atoms with Gasteiger partial charge in [-0.05, 0) is 12.8 Å². The molecule has 0 radical (unpaired) electrons. The summed E-state index contributed by atoms with van der Waals surface area (Å²) in [6, 6.07) is 0. The van der Waals surface area contributed by atoms with Crippen molar-refractivity contribution in [2.75, 3.05) is 6.54 Å². The summed E-state index contributed by atoms with van der Waals surface area (Å²) in [6.45, 7) is 0.652. The van der Waals surface area contributed by atoms with Gasteiger partial charge in [0.15, 0.2) is 0 Å². The summed E-state index contributed by atoms with van der Waals surface area (Å²) >= 11 is 1.33. The Balaban J connectivity index is 2.45. The molecular formula is C7H10N2OS. The summed E-state index contributed by atoms with van der Waals surface area (Å²) in [4.78, 5) is 15.0. The van der Waals surface area contributed by atoms with Crippen LogP contribution in [0.1, 0.15) is 22.9 Å². The number of fused-ring (bicyclic) bond motifs is 1. The number of aryl methyl sites for hydroxylation is 1. The van der Waals surface area contributed by atoms with Gasteiger partial charge in [0.25, 0.3) is 0 Å². The van der Waals surface area contributed by atoms with Gasteiger partial charge < -0.3 is 10.7 Å². The Labute approximate surface area is 68.2 Å².